The minimum Gasteiger partial charge on any atom is -0.505 e. The Morgan fingerprint density at radius 3 is 2.63 bits per heavy atom. The summed E-state index contributed by atoms with van der Waals surface area (Å²) in [6.07, 6.45) is 5.62. The van der Waals surface area contributed by atoms with Crippen molar-refractivity contribution in [3.05, 3.63) is 88.2 Å². The van der Waals surface area contributed by atoms with Gasteiger partial charge in [-0.25, -0.2) is 4.39 Å². The van der Waals surface area contributed by atoms with Crippen molar-refractivity contribution in [2.75, 3.05) is 32.9 Å². The molecule has 2 heterocycles. The first-order valence-corrected chi connectivity index (χ1v) is 13.7. The van der Waals surface area contributed by atoms with Crippen molar-refractivity contribution in [1.82, 2.24) is 4.90 Å². The van der Waals surface area contributed by atoms with Crippen molar-refractivity contribution in [3.8, 4) is 17.2 Å². The number of aromatic hydroxyl groups is 1. The quantitative estimate of drug-likeness (QED) is 0.385. The Hall–Kier alpha value is -3.38. The zero-order valence-corrected chi connectivity index (χ0v) is 21.5. The largest absolute Gasteiger partial charge is 0.505 e. The highest BCUT2D eigenvalue weighted by Gasteiger charge is 2.26. The van der Waals surface area contributed by atoms with E-state index in [0.717, 1.165) is 66.9 Å². The molecule has 3 aliphatic rings. The van der Waals surface area contributed by atoms with Crippen LogP contribution in [0.2, 0.25) is 0 Å². The van der Waals surface area contributed by atoms with Gasteiger partial charge >= 0.3 is 0 Å². The number of halogens is 2. The Morgan fingerprint density at radius 1 is 0.974 bits per heavy atom. The molecular weight excluding hydrogens is 484 g/mol. The lowest BCUT2D eigenvalue weighted by molar-refractivity contribution is 0.198. The van der Waals surface area contributed by atoms with E-state index in [-0.39, 0.29) is 12.8 Å². The molecule has 38 heavy (non-hydrogen) atoms. The Labute approximate surface area is 222 Å². The minimum absolute atomic E-state index is 0.0886. The van der Waals surface area contributed by atoms with E-state index in [1.165, 1.54) is 29.7 Å². The molecule has 0 radical (unpaired) electrons. The fraction of sp³-hybridized carbons (Fsp3) is 0.375. The number of likely N-dealkylation sites (tertiary alicyclic amines) is 1. The zero-order chi connectivity index (χ0) is 26.1. The van der Waals surface area contributed by atoms with Crippen LogP contribution in [0.15, 0.2) is 54.6 Å². The molecule has 0 bridgehead atoms. The van der Waals surface area contributed by atoms with Crippen LogP contribution in [-0.4, -0.2) is 49.0 Å². The van der Waals surface area contributed by atoms with Gasteiger partial charge in [-0.1, -0.05) is 30.3 Å². The highest BCUT2D eigenvalue weighted by atomic mass is 19.1. The van der Waals surface area contributed by atoms with Gasteiger partial charge in [0, 0.05) is 37.7 Å². The van der Waals surface area contributed by atoms with Gasteiger partial charge in [0.2, 0.25) is 0 Å². The second-order valence-corrected chi connectivity index (χ2v) is 10.5. The predicted molar refractivity (Wildman–Crippen MR) is 145 cm³/mol. The lowest BCUT2D eigenvalue weighted by Gasteiger charge is -2.18. The maximum absolute atomic E-state index is 14.7. The fourth-order valence-corrected chi connectivity index (χ4v) is 6.06. The predicted octanol–water partition coefficient (Wildman–Crippen LogP) is 6.57. The Bertz CT molecular complexity index is 1350. The van der Waals surface area contributed by atoms with Gasteiger partial charge in [0.05, 0.1) is 13.3 Å². The van der Waals surface area contributed by atoms with Crippen LogP contribution >= 0.6 is 0 Å². The van der Waals surface area contributed by atoms with Crippen molar-refractivity contribution in [2.24, 2.45) is 0 Å². The number of alkyl halides is 1. The molecule has 6 heteroatoms. The molecule has 2 aliphatic heterocycles. The number of benzene rings is 3. The number of fused-ring (bicyclic) bond motifs is 2. The van der Waals surface area contributed by atoms with E-state index in [0.29, 0.717) is 30.8 Å². The number of hydrogen-bond donors (Lipinski definition) is 1. The van der Waals surface area contributed by atoms with Crippen LogP contribution in [0.4, 0.5) is 8.78 Å². The Kier molecular flexibility index (Phi) is 7.07. The summed E-state index contributed by atoms with van der Waals surface area (Å²) in [6, 6.07) is 17.4. The average Bonchev–Trinajstić information content (AvgIpc) is 3.54. The number of rotatable bonds is 7. The zero-order valence-electron chi connectivity index (χ0n) is 21.5. The first-order chi connectivity index (χ1) is 18.6. The van der Waals surface area contributed by atoms with Crippen molar-refractivity contribution < 1.29 is 23.4 Å². The van der Waals surface area contributed by atoms with Crippen molar-refractivity contribution in [1.29, 1.82) is 0 Å². The van der Waals surface area contributed by atoms with Gasteiger partial charge in [0.25, 0.3) is 0 Å². The van der Waals surface area contributed by atoms with Gasteiger partial charge in [-0.2, -0.15) is 0 Å². The van der Waals surface area contributed by atoms with Crippen LogP contribution in [0.1, 0.15) is 53.5 Å². The average molecular weight is 518 g/mol. The molecule has 0 unspecified atom stereocenters. The third-order valence-electron chi connectivity index (χ3n) is 7.96. The summed E-state index contributed by atoms with van der Waals surface area (Å²) in [7, 11) is 0. The molecule has 198 valence electrons. The van der Waals surface area contributed by atoms with E-state index >= 15 is 0 Å². The normalized spacial score (nSPS) is 19.2. The van der Waals surface area contributed by atoms with Crippen LogP contribution in [0.3, 0.4) is 0 Å². The minimum atomic E-state index is -0.668. The summed E-state index contributed by atoms with van der Waals surface area (Å²) in [5, 5.41) is 10.0. The lowest BCUT2D eigenvalue weighted by Crippen LogP contribution is -2.26. The maximum Gasteiger partial charge on any atom is 0.165 e. The molecule has 1 fully saturated rings. The number of aryl methyl sites for hydroxylation is 2. The Balaban J connectivity index is 1.36. The highest BCUT2D eigenvalue weighted by Crippen LogP contribution is 2.43. The number of nitrogens with zero attached hydrogens (tertiary/aromatic N) is 1. The molecule has 1 atom stereocenters. The Morgan fingerprint density at radius 2 is 1.79 bits per heavy atom. The molecule has 0 saturated carbocycles. The van der Waals surface area contributed by atoms with Gasteiger partial charge < -0.3 is 14.6 Å². The molecule has 3 aromatic carbocycles. The SMILES string of the molecule is Oc1cc2c(cc1F)C(c1ccc(O[C@H]3CCN(CCCF)C3)cc1)=C(c1ccc3c(c1)CCC3)CCO2. The highest BCUT2D eigenvalue weighted by molar-refractivity contribution is 6.00. The van der Waals surface area contributed by atoms with Gasteiger partial charge in [0.15, 0.2) is 11.6 Å². The second-order valence-electron chi connectivity index (χ2n) is 10.5. The van der Waals surface area contributed by atoms with Crippen LogP contribution < -0.4 is 9.47 Å². The smallest absolute Gasteiger partial charge is 0.165 e. The topological polar surface area (TPSA) is 41.9 Å². The summed E-state index contributed by atoms with van der Waals surface area (Å²) in [5.41, 5.74) is 7.54. The lowest BCUT2D eigenvalue weighted by atomic mass is 9.87. The van der Waals surface area contributed by atoms with Crippen molar-refractivity contribution in [3.63, 3.8) is 0 Å². The standard InChI is InChI=1S/C32H33F2NO3/c33-13-2-14-35-15-11-26(20-35)38-25-9-7-22(8-10-25)32-27(24-6-5-21-3-1-4-23(21)17-24)12-16-37-31-19-30(36)29(34)18-28(31)32/h5-10,17-19,26,36H,1-4,11-16,20H2/t26-/m0/s1. The van der Waals surface area contributed by atoms with Crippen LogP contribution in [0.25, 0.3) is 11.1 Å². The molecule has 4 nitrogen and oxygen atoms in total. The molecule has 3 aromatic rings. The molecular formula is C32H33F2NO3. The third-order valence-corrected chi connectivity index (χ3v) is 7.96. The van der Waals surface area contributed by atoms with Crippen LogP contribution in [-0.2, 0) is 12.8 Å². The van der Waals surface area contributed by atoms with Gasteiger partial charge in [-0.15, -0.1) is 0 Å². The molecule has 0 aromatic heterocycles. The summed E-state index contributed by atoms with van der Waals surface area (Å²) in [4.78, 5) is 2.25. The van der Waals surface area contributed by atoms with E-state index in [1.54, 1.807) is 0 Å². The molecule has 0 amide bonds. The third kappa shape index (κ3) is 5.02. The van der Waals surface area contributed by atoms with Crippen molar-refractivity contribution >= 4 is 11.1 Å². The van der Waals surface area contributed by atoms with Gasteiger partial charge in [-0.05, 0) is 83.7 Å². The number of ether oxygens (including phenoxy) is 2. The summed E-state index contributed by atoms with van der Waals surface area (Å²) in [6.45, 7) is 2.65. The molecule has 1 aliphatic carbocycles. The molecule has 1 N–H and O–H groups in total. The fourth-order valence-electron chi connectivity index (χ4n) is 6.06. The number of hydrogen-bond acceptors (Lipinski definition) is 4. The molecule has 6 rings (SSSR count). The maximum atomic E-state index is 14.7. The van der Waals surface area contributed by atoms with Crippen molar-refractivity contribution in [2.45, 2.75) is 44.6 Å². The van der Waals surface area contributed by atoms with E-state index in [4.69, 9.17) is 9.47 Å². The second kappa shape index (κ2) is 10.8. The van der Waals surface area contributed by atoms with E-state index in [1.807, 2.05) is 24.3 Å². The summed E-state index contributed by atoms with van der Waals surface area (Å²) < 4.78 is 39.5. The monoisotopic (exact) mass is 517 g/mol. The van der Waals surface area contributed by atoms with Crippen LogP contribution in [0.5, 0.6) is 17.2 Å². The van der Waals surface area contributed by atoms with Gasteiger partial charge in [0.1, 0.15) is 17.6 Å². The first-order valence-electron chi connectivity index (χ1n) is 13.7. The number of phenolic OH excluding ortho intramolecular Hbond substituents is 1. The van der Waals surface area contributed by atoms with Gasteiger partial charge in [-0.3, -0.25) is 9.29 Å². The van der Waals surface area contributed by atoms with E-state index < -0.39 is 11.6 Å². The number of phenols is 1. The van der Waals surface area contributed by atoms with Crippen LogP contribution in [0, 0.1) is 5.82 Å². The summed E-state index contributed by atoms with van der Waals surface area (Å²) in [5.74, 6) is 0.186. The molecule has 1 saturated heterocycles. The van der Waals surface area contributed by atoms with E-state index in [9.17, 15) is 13.9 Å². The summed E-state index contributed by atoms with van der Waals surface area (Å²) >= 11 is 0. The van der Waals surface area contributed by atoms with E-state index in [2.05, 4.69) is 23.1 Å². The first kappa shape index (κ1) is 24.9. The molecule has 0 spiro atoms.